The maximum atomic E-state index is 12.3. The number of amides is 1. The van der Waals surface area contributed by atoms with Crippen molar-refractivity contribution in [3.8, 4) is 0 Å². The number of likely N-dealkylation sites (N-methyl/N-ethyl adjacent to an activating group) is 1. The largest absolute Gasteiger partial charge is 0.356 e. The van der Waals surface area contributed by atoms with Gasteiger partial charge in [-0.2, -0.15) is 0 Å². The van der Waals surface area contributed by atoms with Gasteiger partial charge in [-0.1, -0.05) is 26.0 Å². The van der Waals surface area contributed by atoms with Crippen LogP contribution in [0.15, 0.2) is 46.9 Å². The Labute approximate surface area is 165 Å². The monoisotopic (exact) mass is 387 g/mol. The van der Waals surface area contributed by atoms with Crippen molar-refractivity contribution in [3.63, 3.8) is 0 Å². The highest BCUT2D eigenvalue weighted by atomic mass is 32.1. The molecular formula is C20H29N5OS. The highest BCUT2D eigenvalue weighted by Crippen LogP contribution is 2.26. The van der Waals surface area contributed by atoms with E-state index < -0.39 is 0 Å². The van der Waals surface area contributed by atoms with Crippen LogP contribution in [-0.2, 0) is 16.6 Å². The quantitative estimate of drug-likeness (QED) is 0.539. The Morgan fingerprint density at radius 2 is 2.07 bits per heavy atom. The van der Waals surface area contributed by atoms with E-state index in [1.54, 1.807) is 29.5 Å². The zero-order valence-corrected chi connectivity index (χ0v) is 17.3. The van der Waals surface area contributed by atoms with Gasteiger partial charge in [0.15, 0.2) is 5.96 Å². The highest BCUT2D eigenvalue weighted by Gasteiger charge is 2.22. The smallest absolute Gasteiger partial charge is 0.241 e. The van der Waals surface area contributed by atoms with Crippen LogP contribution in [0.2, 0.25) is 0 Å². The molecule has 0 spiro atoms. The van der Waals surface area contributed by atoms with Gasteiger partial charge in [-0.25, -0.2) is 0 Å². The Morgan fingerprint density at radius 1 is 1.26 bits per heavy atom. The molecule has 1 amide bonds. The molecular weight excluding hydrogens is 358 g/mol. The first-order valence-corrected chi connectivity index (χ1v) is 9.93. The number of nitrogens with zero attached hydrogens (tertiary/aromatic N) is 3. The van der Waals surface area contributed by atoms with Gasteiger partial charge in [0.1, 0.15) is 0 Å². The molecule has 0 aliphatic carbocycles. The Hall–Kier alpha value is -2.41. The topological polar surface area (TPSA) is 69.6 Å². The molecule has 2 N–H and O–H groups in total. The molecule has 0 saturated carbocycles. The van der Waals surface area contributed by atoms with Gasteiger partial charge in [0.05, 0.1) is 6.54 Å². The van der Waals surface area contributed by atoms with Crippen molar-refractivity contribution in [1.29, 1.82) is 0 Å². The SMILES string of the molecule is CN=C(NCC(=O)N(C)CCc1ccccn1)NCC(C)(C)c1cccs1. The number of nitrogens with one attached hydrogen (secondary N) is 2. The first kappa shape index (κ1) is 20.9. The van der Waals surface area contributed by atoms with Crippen LogP contribution >= 0.6 is 11.3 Å². The van der Waals surface area contributed by atoms with Gasteiger partial charge < -0.3 is 15.5 Å². The molecule has 2 heterocycles. The number of aliphatic imine (C=N–C) groups is 1. The van der Waals surface area contributed by atoms with E-state index in [0.29, 0.717) is 12.5 Å². The van der Waals surface area contributed by atoms with Crippen LogP contribution in [0.1, 0.15) is 24.4 Å². The molecule has 0 fully saturated rings. The van der Waals surface area contributed by atoms with Gasteiger partial charge in [-0.3, -0.25) is 14.8 Å². The number of pyridine rings is 1. The Balaban J connectivity index is 1.75. The summed E-state index contributed by atoms with van der Waals surface area (Å²) in [5.74, 6) is 0.650. The third kappa shape index (κ3) is 6.67. The fourth-order valence-corrected chi connectivity index (χ4v) is 3.38. The van der Waals surface area contributed by atoms with Crippen LogP contribution in [0.25, 0.3) is 0 Å². The van der Waals surface area contributed by atoms with E-state index in [1.807, 2.05) is 25.2 Å². The minimum atomic E-state index is -0.00469. The number of rotatable bonds is 8. The zero-order valence-electron chi connectivity index (χ0n) is 16.5. The minimum absolute atomic E-state index is 0.00469. The van der Waals surface area contributed by atoms with Crippen LogP contribution in [0, 0.1) is 0 Å². The first-order valence-electron chi connectivity index (χ1n) is 9.05. The molecule has 0 saturated heterocycles. The van der Waals surface area contributed by atoms with Gasteiger partial charge in [0.2, 0.25) is 5.91 Å². The summed E-state index contributed by atoms with van der Waals surface area (Å²) >= 11 is 1.75. The Kier molecular flexibility index (Phi) is 7.79. The summed E-state index contributed by atoms with van der Waals surface area (Å²) in [6.45, 7) is 5.95. The van der Waals surface area contributed by atoms with E-state index in [1.165, 1.54) is 4.88 Å². The van der Waals surface area contributed by atoms with Crippen LogP contribution in [0.3, 0.4) is 0 Å². The molecule has 0 atom stereocenters. The zero-order chi connectivity index (χ0) is 19.7. The second-order valence-corrected chi connectivity index (χ2v) is 7.97. The lowest BCUT2D eigenvalue weighted by atomic mass is 9.91. The van der Waals surface area contributed by atoms with Crippen molar-refractivity contribution >= 4 is 23.2 Å². The van der Waals surface area contributed by atoms with Gasteiger partial charge in [-0.15, -0.1) is 11.3 Å². The summed E-state index contributed by atoms with van der Waals surface area (Å²) in [5.41, 5.74) is 0.980. The summed E-state index contributed by atoms with van der Waals surface area (Å²) in [6, 6.07) is 10.0. The van der Waals surface area contributed by atoms with Crippen molar-refractivity contribution in [1.82, 2.24) is 20.5 Å². The lowest BCUT2D eigenvalue weighted by Crippen LogP contribution is -2.46. The molecule has 2 rings (SSSR count). The van der Waals surface area contributed by atoms with Gasteiger partial charge in [-0.05, 0) is 23.6 Å². The average Bonchev–Trinajstić information content (AvgIpc) is 3.22. The summed E-state index contributed by atoms with van der Waals surface area (Å²) in [5, 5.41) is 8.50. The molecule has 0 aliphatic heterocycles. The predicted molar refractivity (Wildman–Crippen MR) is 112 cm³/mol. The molecule has 146 valence electrons. The molecule has 0 unspecified atom stereocenters. The summed E-state index contributed by atoms with van der Waals surface area (Å²) in [4.78, 5) is 23.9. The van der Waals surface area contributed by atoms with Gasteiger partial charge >= 0.3 is 0 Å². The normalized spacial score (nSPS) is 11.9. The van der Waals surface area contributed by atoms with Gasteiger partial charge in [0, 0.05) is 55.8 Å². The predicted octanol–water partition coefficient (Wildman–Crippen LogP) is 2.29. The van der Waals surface area contributed by atoms with Crippen molar-refractivity contribution in [2.24, 2.45) is 4.99 Å². The molecule has 6 nitrogen and oxygen atoms in total. The van der Waals surface area contributed by atoms with E-state index in [4.69, 9.17) is 0 Å². The summed E-state index contributed by atoms with van der Waals surface area (Å²) < 4.78 is 0. The molecule has 2 aromatic heterocycles. The summed E-state index contributed by atoms with van der Waals surface area (Å²) in [7, 11) is 3.52. The highest BCUT2D eigenvalue weighted by molar-refractivity contribution is 7.10. The molecule has 0 bridgehead atoms. The summed E-state index contributed by atoms with van der Waals surface area (Å²) in [6.07, 6.45) is 2.51. The molecule has 2 aromatic rings. The molecule has 0 radical (unpaired) electrons. The van der Waals surface area contributed by atoms with E-state index in [9.17, 15) is 4.79 Å². The fraction of sp³-hybridized carbons (Fsp3) is 0.450. The fourth-order valence-electron chi connectivity index (χ4n) is 2.52. The minimum Gasteiger partial charge on any atom is -0.356 e. The molecule has 0 aromatic carbocycles. The van der Waals surface area contributed by atoms with Crippen LogP contribution < -0.4 is 10.6 Å². The molecule has 0 aliphatic rings. The number of guanidine groups is 1. The number of hydrogen-bond donors (Lipinski definition) is 2. The molecule has 27 heavy (non-hydrogen) atoms. The number of carbonyl (C=O) groups is 1. The number of carbonyl (C=O) groups excluding carboxylic acids is 1. The van der Waals surface area contributed by atoms with E-state index >= 15 is 0 Å². The van der Waals surface area contributed by atoms with E-state index in [-0.39, 0.29) is 17.9 Å². The van der Waals surface area contributed by atoms with Crippen LogP contribution in [-0.4, -0.2) is 55.5 Å². The number of hydrogen-bond acceptors (Lipinski definition) is 4. The average molecular weight is 388 g/mol. The van der Waals surface area contributed by atoms with Crippen molar-refractivity contribution in [2.75, 3.05) is 33.7 Å². The van der Waals surface area contributed by atoms with Crippen LogP contribution in [0.4, 0.5) is 0 Å². The lowest BCUT2D eigenvalue weighted by molar-refractivity contribution is -0.128. The third-order valence-electron chi connectivity index (χ3n) is 4.37. The molecule has 7 heteroatoms. The second kappa shape index (κ2) is 10.1. The maximum absolute atomic E-state index is 12.3. The van der Waals surface area contributed by atoms with Crippen LogP contribution in [0.5, 0.6) is 0 Å². The second-order valence-electron chi connectivity index (χ2n) is 7.03. The first-order chi connectivity index (χ1) is 12.9. The van der Waals surface area contributed by atoms with Gasteiger partial charge in [0.25, 0.3) is 0 Å². The van der Waals surface area contributed by atoms with Crippen molar-refractivity contribution < 1.29 is 4.79 Å². The van der Waals surface area contributed by atoms with Crippen molar-refractivity contribution in [2.45, 2.75) is 25.7 Å². The standard InChI is InChI=1S/C20H29N5OS/c1-20(2,17-9-7-13-27-17)15-24-19(21-3)23-14-18(26)25(4)12-10-16-8-5-6-11-22-16/h5-9,11,13H,10,12,14-15H2,1-4H3,(H2,21,23,24). The lowest BCUT2D eigenvalue weighted by Gasteiger charge is -2.25. The third-order valence-corrected chi connectivity index (χ3v) is 5.61. The van der Waals surface area contributed by atoms with Crippen molar-refractivity contribution in [3.05, 3.63) is 52.5 Å². The number of thiophene rings is 1. The van der Waals surface area contributed by atoms with E-state index in [0.717, 1.165) is 18.7 Å². The van der Waals surface area contributed by atoms with E-state index in [2.05, 4.69) is 52.0 Å². The maximum Gasteiger partial charge on any atom is 0.241 e. The number of aromatic nitrogens is 1. The Morgan fingerprint density at radius 3 is 2.70 bits per heavy atom. The Bertz CT molecular complexity index is 728.